The maximum atomic E-state index is 13.0. The molecule has 0 saturated carbocycles. The third-order valence-electron chi connectivity index (χ3n) is 5.21. The summed E-state index contributed by atoms with van der Waals surface area (Å²) in [7, 11) is 0. The highest BCUT2D eigenvalue weighted by Crippen LogP contribution is 2.37. The monoisotopic (exact) mass is 562 g/mol. The van der Waals surface area contributed by atoms with Gasteiger partial charge in [0.25, 0.3) is 11.8 Å². The Hall–Kier alpha value is -3.34. The molecule has 0 atom stereocenters. The van der Waals surface area contributed by atoms with Crippen LogP contribution in [0.15, 0.2) is 71.6 Å². The number of amides is 2. The number of anilines is 2. The molecule has 0 spiro atoms. The topological polar surface area (TPSA) is 58.6 Å². The van der Waals surface area contributed by atoms with Crippen molar-refractivity contribution in [3.8, 4) is 5.75 Å². The van der Waals surface area contributed by atoms with E-state index in [4.69, 9.17) is 28.6 Å². The van der Waals surface area contributed by atoms with Gasteiger partial charge in [-0.25, -0.2) is 0 Å². The molecule has 3 aromatic rings. The Labute approximate surface area is 225 Å². The summed E-state index contributed by atoms with van der Waals surface area (Å²) in [5, 5.41) is 2.91. The lowest BCUT2D eigenvalue weighted by Crippen LogP contribution is -2.27. The van der Waals surface area contributed by atoms with E-state index in [-0.39, 0.29) is 11.6 Å². The molecule has 0 aromatic heterocycles. The van der Waals surface area contributed by atoms with Crippen molar-refractivity contribution in [2.24, 2.45) is 0 Å². The second-order valence-corrected chi connectivity index (χ2v) is 10.0. The molecule has 4 rings (SSSR count). The fourth-order valence-electron chi connectivity index (χ4n) is 3.38. The molecule has 1 N–H and O–H groups in total. The quantitative estimate of drug-likeness (QED) is 0.257. The first-order valence-electron chi connectivity index (χ1n) is 10.8. The van der Waals surface area contributed by atoms with Crippen LogP contribution < -0.4 is 15.0 Å². The number of hydrogen-bond donors (Lipinski definition) is 1. The van der Waals surface area contributed by atoms with Crippen molar-refractivity contribution < 1.29 is 27.5 Å². The van der Waals surface area contributed by atoms with Crippen LogP contribution in [0.2, 0.25) is 5.02 Å². The molecule has 37 heavy (non-hydrogen) atoms. The molecule has 190 valence electrons. The highest BCUT2D eigenvalue weighted by atomic mass is 35.5. The fraction of sp³-hybridized carbons (Fsp3) is 0.115. The third kappa shape index (κ3) is 6.51. The molecule has 5 nitrogen and oxygen atoms in total. The Morgan fingerprint density at radius 2 is 1.89 bits per heavy atom. The minimum absolute atomic E-state index is 0.00840. The maximum Gasteiger partial charge on any atom is 0.416 e. The zero-order valence-corrected chi connectivity index (χ0v) is 21.5. The Balaban J connectivity index is 1.41. The molecule has 0 bridgehead atoms. The van der Waals surface area contributed by atoms with Crippen molar-refractivity contribution in [3.05, 3.63) is 93.3 Å². The number of halogens is 4. The molecular formula is C26H18ClF3N2O3S2. The number of alkyl halides is 3. The lowest BCUT2D eigenvalue weighted by Gasteiger charge is -2.15. The van der Waals surface area contributed by atoms with E-state index in [1.807, 2.05) is 13.0 Å². The number of carbonyl (C=O) groups is 2. The van der Waals surface area contributed by atoms with Gasteiger partial charge in [-0.1, -0.05) is 59.8 Å². The van der Waals surface area contributed by atoms with Crippen LogP contribution in [-0.2, 0) is 15.8 Å². The van der Waals surface area contributed by atoms with Gasteiger partial charge in [-0.05, 0) is 66.6 Å². The normalized spacial score (nSPS) is 14.8. The smallest absolute Gasteiger partial charge is 0.416 e. The molecule has 1 aliphatic rings. The van der Waals surface area contributed by atoms with Crippen molar-refractivity contribution in [2.75, 3.05) is 16.8 Å². The van der Waals surface area contributed by atoms with Crippen molar-refractivity contribution in [3.63, 3.8) is 0 Å². The summed E-state index contributed by atoms with van der Waals surface area (Å²) in [6.45, 7) is 1.44. The van der Waals surface area contributed by atoms with Crippen molar-refractivity contribution in [2.45, 2.75) is 13.1 Å². The van der Waals surface area contributed by atoms with Gasteiger partial charge in [0.1, 0.15) is 5.75 Å². The Bertz CT molecular complexity index is 1430. The van der Waals surface area contributed by atoms with Crippen molar-refractivity contribution in [1.29, 1.82) is 0 Å². The van der Waals surface area contributed by atoms with E-state index in [0.29, 0.717) is 31.2 Å². The molecule has 1 aliphatic heterocycles. The summed E-state index contributed by atoms with van der Waals surface area (Å²) in [5.74, 6) is -0.571. The first-order chi connectivity index (χ1) is 17.5. The van der Waals surface area contributed by atoms with E-state index in [2.05, 4.69) is 5.32 Å². The van der Waals surface area contributed by atoms with Crippen LogP contribution in [-0.4, -0.2) is 22.7 Å². The average Bonchev–Trinajstić information content (AvgIpc) is 3.12. The molecule has 1 heterocycles. The van der Waals surface area contributed by atoms with Crippen molar-refractivity contribution >= 4 is 69.2 Å². The number of nitrogens with one attached hydrogen (secondary N) is 1. The Kier molecular flexibility index (Phi) is 7.91. The lowest BCUT2D eigenvalue weighted by atomic mass is 10.2. The van der Waals surface area contributed by atoms with Gasteiger partial charge in [-0.2, -0.15) is 13.2 Å². The Morgan fingerprint density at radius 1 is 1.14 bits per heavy atom. The minimum atomic E-state index is -4.51. The van der Waals surface area contributed by atoms with E-state index in [9.17, 15) is 22.8 Å². The largest absolute Gasteiger partial charge is 0.484 e. The number of carbonyl (C=O) groups excluding carboxylic acids is 2. The van der Waals surface area contributed by atoms with Gasteiger partial charge in [0.05, 0.1) is 16.2 Å². The molecule has 11 heteroatoms. The molecule has 1 saturated heterocycles. The SMILES string of the molecule is Cc1ccc(N2C(=O)/C(=C/c3cccc(OCC(=O)Nc4cccc(C(F)(F)F)c4)c3)SC2=S)cc1Cl. The summed E-state index contributed by atoms with van der Waals surface area (Å²) < 4.78 is 44.5. The van der Waals surface area contributed by atoms with E-state index < -0.39 is 24.3 Å². The Morgan fingerprint density at radius 3 is 2.62 bits per heavy atom. The molecule has 0 aliphatic carbocycles. The number of rotatable bonds is 6. The van der Waals surface area contributed by atoms with Crippen LogP contribution in [0.5, 0.6) is 5.75 Å². The predicted molar refractivity (Wildman–Crippen MR) is 144 cm³/mol. The fourth-order valence-corrected chi connectivity index (χ4v) is 4.85. The third-order valence-corrected chi connectivity index (χ3v) is 6.92. The first kappa shape index (κ1) is 26.7. The van der Waals surface area contributed by atoms with E-state index in [1.54, 1.807) is 42.5 Å². The number of aryl methyl sites for hydroxylation is 1. The van der Waals surface area contributed by atoms with E-state index in [0.717, 1.165) is 29.5 Å². The van der Waals surface area contributed by atoms with Gasteiger partial charge in [-0.3, -0.25) is 14.5 Å². The van der Waals surface area contributed by atoms with Gasteiger partial charge in [-0.15, -0.1) is 0 Å². The molecule has 0 unspecified atom stereocenters. The van der Waals surface area contributed by atoms with Crippen LogP contribution in [0.1, 0.15) is 16.7 Å². The highest BCUT2D eigenvalue weighted by molar-refractivity contribution is 8.27. The molecular weight excluding hydrogens is 545 g/mol. The van der Waals surface area contributed by atoms with Crippen LogP contribution in [0.3, 0.4) is 0 Å². The summed E-state index contributed by atoms with van der Waals surface area (Å²) in [6.07, 6.45) is -2.86. The summed E-state index contributed by atoms with van der Waals surface area (Å²) in [6, 6.07) is 16.3. The standard InChI is InChI=1S/C26H18ClF3N2O3S2/c1-15-8-9-19(13-21(15)27)32-24(34)22(37-25(32)36)11-16-4-2-7-20(10-16)35-14-23(33)31-18-6-3-5-17(12-18)26(28,29)30/h2-13H,14H2,1H3,(H,31,33)/b22-11-. The second-order valence-electron chi connectivity index (χ2n) is 7.94. The van der Waals surface area contributed by atoms with Gasteiger partial charge in [0.15, 0.2) is 10.9 Å². The van der Waals surface area contributed by atoms with Gasteiger partial charge in [0, 0.05) is 10.7 Å². The molecule has 2 amide bonds. The van der Waals surface area contributed by atoms with Gasteiger partial charge >= 0.3 is 6.18 Å². The number of hydrogen-bond acceptors (Lipinski definition) is 5. The second kappa shape index (κ2) is 11.0. The summed E-state index contributed by atoms with van der Waals surface area (Å²) >= 11 is 12.8. The summed E-state index contributed by atoms with van der Waals surface area (Å²) in [4.78, 5) is 27.0. The summed E-state index contributed by atoms with van der Waals surface area (Å²) in [5.41, 5.74) is 1.24. The number of ether oxygens (including phenoxy) is 1. The number of benzene rings is 3. The van der Waals surface area contributed by atoms with E-state index >= 15 is 0 Å². The number of nitrogens with zero attached hydrogens (tertiary/aromatic N) is 1. The molecule has 1 fully saturated rings. The van der Waals surface area contributed by atoms with Crippen LogP contribution >= 0.6 is 35.6 Å². The zero-order valence-electron chi connectivity index (χ0n) is 19.1. The minimum Gasteiger partial charge on any atom is -0.484 e. The van der Waals surface area contributed by atoms with Gasteiger partial charge in [0.2, 0.25) is 0 Å². The lowest BCUT2D eigenvalue weighted by molar-refractivity contribution is -0.137. The molecule has 3 aromatic carbocycles. The van der Waals surface area contributed by atoms with Crippen LogP contribution in [0.4, 0.5) is 24.5 Å². The predicted octanol–water partition coefficient (Wildman–Crippen LogP) is 7.09. The first-order valence-corrected chi connectivity index (χ1v) is 12.4. The number of thioether (sulfide) groups is 1. The highest BCUT2D eigenvalue weighted by Gasteiger charge is 2.33. The zero-order chi connectivity index (χ0) is 26.7. The van der Waals surface area contributed by atoms with Crippen LogP contribution in [0.25, 0.3) is 6.08 Å². The molecule has 0 radical (unpaired) electrons. The van der Waals surface area contributed by atoms with Crippen molar-refractivity contribution in [1.82, 2.24) is 0 Å². The number of thiocarbonyl (C=S) groups is 1. The maximum absolute atomic E-state index is 13.0. The average molecular weight is 563 g/mol. The van der Waals surface area contributed by atoms with Crippen LogP contribution in [0, 0.1) is 6.92 Å². The van der Waals surface area contributed by atoms with E-state index in [1.165, 1.54) is 17.0 Å². The van der Waals surface area contributed by atoms with Gasteiger partial charge < -0.3 is 10.1 Å².